The number of hydrogen-bond acceptors (Lipinski definition) is 4. The van der Waals surface area contributed by atoms with Crippen molar-refractivity contribution in [1.29, 1.82) is 0 Å². The van der Waals surface area contributed by atoms with Gasteiger partial charge in [-0.1, -0.05) is 20.8 Å². The minimum atomic E-state index is 0.0492. The van der Waals surface area contributed by atoms with E-state index in [1.165, 1.54) is 32.6 Å². The first-order chi connectivity index (χ1) is 9.00. The minimum absolute atomic E-state index is 0.0492. The number of fused-ring (bicyclic) bond motifs is 2. The Labute approximate surface area is 115 Å². The highest BCUT2D eigenvalue weighted by molar-refractivity contribution is 5.06. The van der Waals surface area contributed by atoms with E-state index in [1.807, 2.05) is 6.20 Å². The van der Waals surface area contributed by atoms with Crippen molar-refractivity contribution in [2.45, 2.75) is 39.2 Å². The third-order valence-corrected chi connectivity index (χ3v) is 4.22. The van der Waals surface area contributed by atoms with Gasteiger partial charge in [0, 0.05) is 18.5 Å². The molecule has 0 radical (unpaired) electrons. The molecule has 2 bridgehead atoms. The zero-order chi connectivity index (χ0) is 13.5. The van der Waals surface area contributed by atoms with E-state index in [1.54, 1.807) is 0 Å². The predicted octanol–water partition coefficient (Wildman–Crippen LogP) is 2.01. The zero-order valence-electron chi connectivity index (χ0n) is 12.3. The Balaban J connectivity index is 1.63. The monoisotopic (exact) mass is 263 g/mol. The van der Waals surface area contributed by atoms with E-state index in [4.69, 9.17) is 4.42 Å². The first-order valence-corrected chi connectivity index (χ1v) is 7.39. The summed E-state index contributed by atoms with van der Waals surface area (Å²) in [6, 6.07) is 0. The Morgan fingerprint density at radius 3 is 2.58 bits per heavy atom. The molecule has 2 aliphatic rings. The van der Waals surface area contributed by atoms with Crippen molar-refractivity contribution < 1.29 is 4.42 Å². The summed E-state index contributed by atoms with van der Waals surface area (Å²) in [6.07, 6.45) is 3.28. The smallest absolute Gasteiger partial charge is 0.208 e. The highest BCUT2D eigenvalue weighted by Gasteiger charge is 2.31. The Morgan fingerprint density at radius 2 is 2.00 bits per heavy atom. The van der Waals surface area contributed by atoms with Crippen molar-refractivity contribution in [3.8, 4) is 0 Å². The molecular formula is C15H25N3O. The van der Waals surface area contributed by atoms with Gasteiger partial charge in [0.1, 0.15) is 5.76 Å². The Bertz CT molecular complexity index is 423. The van der Waals surface area contributed by atoms with Gasteiger partial charge in [-0.3, -0.25) is 4.90 Å². The van der Waals surface area contributed by atoms with Crippen molar-refractivity contribution in [2.24, 2.45) is 11.8 Å². The van der Waals surface area contributed by atoms with Crippen LogP contribution in [0.3, 0.4) is 0 Å². The van der Waals surface area contributed by atoms with E-state index in [0.29, 0.717) is 0 Å². The molecule has 2 saturated heterocycles. The van der Waals surface area contributed by atoms with Crippen LogP contribution in [0.2, 0.25) is 0 Å². The van der Waals surface area contributed by atoms with Gasteiger partial charge in [-0.05, 0) is 31.3 Å². The lowest BCUT2D eigenvalue weighted by molar-refractivity contribution is 0.0840. The summed E-state index contributed by atoms with van der Waals surface area (Å²) in [5.74, 6) is 3.48. The Morgan fingerprint density at radius 1 is 1.32 bits per heavy atom. The van der Waals surface area contributed by atoms with E-state index < -0.39 is 0 Å². The van der Waals surface area contributed by atoms with Gasteiger partial charge in [0.05, 0.1) is 12.7 Å². The number of aromatic nitrogens is 1. The average Bonchev–Trinajstić information content (AvgIpc) is 2.76. The topological polar surface area (TPSA) is 41.3 Å². The van der Waals surface area contributed by atoms with Crippen LogP contribution in [0.15, 0.2) is 10.6 Å². The average molecular weight is 263 g/mol. The number of rotatable bonds is 2. The molecule has 1 aromatic rings. The van der Waals surface area contributed by atoms with Crippen molar-refractivity contribution in [1.82, 2.24) is 15.2 Å². The van der Waals surface area contributed by atoms with Crippen LogP contribution in [-0.2, 0) is 12.0 Å². The number of nitrogens with one attached hydrogen (secondary N) is 1. The second-order valence-electron chi connectivity index (χ2n) is 7.19. The SMILES string of the molecule is CC(C)(C)c1cnc(CN2C[C@@H]3CNC[C@H](C3)C2)o1. The van der Waals surface area contributed by atoms with Crippen molar-refractivity contribution in [3.63, 3.8) is 0 Å². The molecule has 1 N–H and O–H groups in total. The van der Waals surface area contributed by atoms with Gasteiger partial charge in [-0.25, -0.2) is 4.98 Å². The van der Waals surface area contributed by atoms with Crippen LogP contribution in [-0.4, -0.2) is 36.1 Å². The lowest BCUT2D eigenvalue weighted by atomic mass is 9.86. The highest BCUT2D eigenvalue weighted by Crippen LogP contribution is 2.27. The fourth-order valence-corrected chi connectivity index (χ4v) is 3.26. The largest absolute Gasteiger partial charge is 0.444 e. The molecule has 0 amide bonds. The van der Waals surface area contributed by atoms with Gasteiger partial charge in [-0.2, -0.15) is 0 Å². The van der Waals surface area contributed by atoms with Crippen LogP contribution in [0, 0.1) is 11.8 Å². The van der Waals surface area contributed by atoms with Gasteiger partial charge >= 0.3 is 0 Å². The molecule has 0 saturated carbocycles. The van der Waals surface area contributed by atoms with Crippen molar-refractivity contribution in [3.05, 3.63) is 17.8 Å². The maximum Gasteiger partial charge on any atom is 0.208 e. The molecule has 1 aromatic heterocycles. The van der Waals surface area contributed by atoms with Gasteiger partial charge in [0.25, 0.3) is 0 Å². The maximum absolute atomic E-state index is 5.90. The van der Waals surface area contributed by atoms with E-state index in [2.05, 4.69) is 36.0 Å². The highest BCUT2D eigenvalue weighted by atomic mass is 16.4. The summed E-state index contributed by atoms with van der Waals surface area (Å²) in [7, 11) is 0. The molecular weight excluding hydrogens is 238 g/mol. The number of oxazole rings is 1. The normalized spacial score (nSPS) is 28.6. The molecule has 106 valence electrons. The van der Waals surface area contributed by atoms with Gasteiger partial charge in [-0.15, -0.1) is 0 Å². The van der Waals surface area contributed by atoms with E-state index in [0.717, 1.165) is 30.0 Å². The van der Waals surface area contributed by atoms with Gasteiger partial charge < -0.3 is 9.73 Å². The van der Waals surface area contributed by atoms with Crippen molar-refractivity contribution in [2.75, 3.05) is 26.2 Å². The van der Waals surface area contributed by atoms with Crippen LogP contribution in [0.5, 0.6) is 0 Å². The van der Waals surface area contributed by atoms with E-state index in [-0.39, 0.29) is 5.41 Å². The zero-order valence-corrected chi connectivity index (χ0v) is 12.3. The summed E-state index contributed by atoms with van der Waals surface area (Å²) in [5.41, 5.74) is 0.0492. The van der Waals surface area contributed by atoms with Crippen molar-refractivity contribution >= 4 is 0 Å². The molecule has 2 fully saturated rings. The summed E-state index contributed by atoms with van der Waals surface area (Å²) >= 11 is 0. The first kappa shape index (κ1) is 13.1. The van der Waals surface area contributed by atoms with E-state index in [9.17, 15) is 0 Å². The fraction of sp³-hybridized carbons (Fsp3) is 0.800. The molecule has 19 heavy (non-hydrogen) atoms. The van der Waals surface area contributed by atoms with E-state index >= 15 is 0 Å². The summed E-state index contributed by atoms with van der Waals surface area (Å²) < 4.78 is 5.90. The Kier molecular flexibility index (Phi) is 3.39. The standard InChI is InChI=1S/C15H25N3O/c1-15(2,3)13-7-17-14(19-13)10-18-8-11-4-12(9-18)6-16-5-11/h7,11-12,16H,4-6,8-10H2,1-3H3/t11-,12-/m0/s1. The summed E-state index contributed by atoms with van der Waals surface area (Å²) in [6.45, 7) is 12.0. The molecule has 0 unspecified atom stereocenters. The van der Waals surface area contributed by atoms with Gasteiger partial charge in [0.2, 0.25) is 5.89 Å². The third-order valence-electron chi connectivity index (χ3n) is 4.22. The molecule has 0 aromatic carbocycles. The molecule has 0 spiro atoms. The quantitative estimate of drug-likeness (QED) is 0.886. The first-order valence-electron chi connectivity index (χ1n) is 7.39. The second kappa shape index (κ2) is 4.91. The molecule has 0 aliphatic carbocycles. The second-order valence-corrected chi connectivity index (χ2v) is 7.19. The minimum Gasteiger partial charge on any atom is -0.444 e. The lowest BCUT2D eigenvalue weighted by Crippen LogP contribution is -2.50. The molecule has 2 atom stereocenters. The molecule has 2 aliphatic heterocycles. The van der Waals surface area contributed by atoms with Crippen LogP contribution < -0.4 is 5.32 Å². The molecule has 4 nitrogen and oxygen atoms in total. The number of hydrogen-bond donors (Lipinski definition) is 1. The summed E-state index contributed by atoms with van der Waals surface area (Å²) in [4.78, 5) is 6.96. The lowest BCUT2D eigenvalue weighted by Gasteiger charge is -2.41. The Hall–Kier alpha value is -0.870. The van der Waals surface area contributed by atoms with Gasteiger partial charge in [0.15, 0.2) is 0 Å². The molecule has 4 heteroatoms. The molecule has 3 heterocycles. The number of piperidine rings is 2. The number of likely N-dealkylation sites (tertiary alicyclic amines) is 1. The predicted molar refractivity (Wildman–Crippen MR) is 74.9 cm³/mol. The maximum atomic E-state index is 5.90. The fourth-order valence-electron chi connectivity index (χ4n) is 3.26. The van der Waals surface area contributed by atoms with Crippen LogP contribution in [0.25, 0.3) is 0 Å². The van der Waals surface area contributed by atoms with Crippen LogP contribution in [0.1, 0.15) is 38.8 Å². The number of nitrogens with zero attached hydrogens (tertiary/aromatic N) is 2. The summed E-state index contributed by atoms with van der Waals surface area (Å²) in [5, 5.41) is 3.53. The third kappa shape index (κ3) is 3.00. The van der Waals surface area contributed by atoms with Crippen LogP contribution >= 0.6 is 0 Å². The molecule has 3 rings (SSSR count). The van der Waals surface area contributed by atoms with Crippen LogP contribution in [0.4, 0.5) is 0 Å².